The highest BCUT2D eigenvalue weighted by molar-refractivity contribution is 5.43. The Labute approximate surface area is 148 Å². The average Bonchev–Trinajstić information content (AvgIpc) is 2.64. The Morgan fingerprint density at radius 2 is 1.76 bits per heavy atom. The molecule has 1 N–H and O–H groups in total. The summed E-state index contributed by atoms with van der Waals surface area (Å²) in [6, 6.07) is 9.22. The van der Waals surface area contributed by atoms with E-state index in [0.717, 1.165) is 43.4 Å². The number of aromatic amines is 1. The van der Waals surface area contributed by atoms with E-state index in [1.807, 2.05) is 24.1 Å². The van der Waals surface area contributed by atoms with Crippen molar-refractivity contribution >= 4 is 5.82 Å². The van der Waals surface area contributed by atoms with Crippen LogP contribution in [0, 0.1) is 0 Å². The quantitative estimate of drug-likeness (QED) is 0.740. The molecule has 0 unspecified atom stereocenters. The van der Waals surface area contributed by atoms with Gasteiger partial charge in [0.25, 0.3) is 5.56 Å². The van der Waals surface area contributed by atoms with E-state index in [1.165, 1.54) is 11.6 Å². The number of rotatable bonds is 9. The van der Waals surface area contributed by atoms with Crippen LogP contribution >= 0.6 is 0 Å². The van der Waals surface area contributed by atoms with Crippen molar-refractivity contribution in [1.82, 2.24) is 15.1 Å². The summed E-state index contributed by atoms with van der Waals surface area (Å²) in [6.07, 6.45) is 0.928. The largest absolute Gasteiger partial charge is 0.493 e. The molecule has 0 bridgehead atoms. The molecule has 7 nitrogen and oxygen atoms in total. The number of methoxy groups -OCH3 is 2. The lowest BCUT2D eigenvalue weighted by atomic mass is 10.1. The van der Waals surface area contributed by atoms with E-state index in [-0.39, 0.29) is 5.56 Å². The minimum absolute atomic E-state index is 0.191. The van der Waals surface area contributed by atoms with E-state index < -0.39 is 0 Å². The van der Waals surface area contributed by atoms with Crippen molar-refractivity contribution in [3.63, 3.8) is 0 Å². The lowest BCUT2D eigenvalue weighted by molar-refractivity contribution is 0.343. The van der Waals surface area contributed by atoms with Crippen molar-refractivity contribution in [3.8, 4) is 11.5 Å². The highest BCUT2D eigenvalue weighted by Crippen LogP contribution is 2.27. The maximum Gasteiger partial charge on any atom is 0.264 e. The summed E-state index contributed by atoms with van der Waals surface area (Å²) in [5.41, 5.74) is 1.02. The van der Waals surface area contributed by atoms with Crippen LogP contribution in [-0.2, 0) is 6.42 Å². The van der Waals surface area contributed by atoms with Gasteiger partial charge in [-0.25, -0.2) is 5.10 Å². The van der Waals surface area contributed by atoms with Gasteiger partial charge in [0, 0.05) is 32.7 Å². The van der Waals surface area contributed by atoms with Crippen LogP contribution in [0.1, 0.15) is 5.56 Å². The second-order valence-electron chi connectivity index (χ2n) is 5.94. The van der Waals surface area contributed by atoms with Crippen LogP contribution in [0.2, 0.25) is 0 Å². The molecule has 25 heavy (non-hydrogen) atoms. The van der Waals surface area contributed by atoms with Crippen LogP contribution in [-0.4, -0.2) is 63.0 Å². The molecule has 0 saturated carbocycles. The number of likely N-dealkylation sites (N-methyl/N-ethyl adjacent to an activating group) is 2. The fourth-order valence-corrected chi connectivity index (χ4v) is 2.45. The van der Waals surface area contributed by atoms with Crippen LogP contribution in [0.15, 0.2) is 35.1 Å². The van der Waals surface area contributed by atoms with Gasteiger partial charge >= 0.3 is 0 Å². The Hall–Kier alpha value is -2.54. The first-order chi connectivity index (χ1) is 12.0. The lowest BCUT2D eigenvalue weighted by Crippen LogP contribution is -2.32. The molecule has 1 heterocycles. The zero-order valence-electron chi connectivity index (χ0n) is 15.3. The van der Waals surface area contributed by atoms with E-state index in [4.69, 9.17) is 9.47 Å². The van der Waals surface area contributed by atoms with Crippen molar-refractivity contribution in [3.05, 3.63) is 46.2 Å². The fourth-order valence-electron chi connectivity index (χ4n) is 2.45. The van der Waals surface area contributed by atoms with E-state index in [9.17, 15) is 4.79 Å². The summed E-state index contributed by atoms with van der Waals surface area (Å²) in [6.45, 7) is 2.65. The van der Waals surface area contributed by atoms with E-state index in [0.29, 0.717) is 0 Å². The molecule has 0 aliphatic carbocycles. The average molecular weight is 346 g/mol. The third-order valence-electron chi connectivity index (χ3n) is 4.10. The Morgan fingerprint density at radius 1 is 1.00 bits per heavy atom. The van der Waals surface area contributed by atoms with Gasteiger partial charge in [0.15, 0.2) is 11.5 Å². The van der Waals surface area contributed by atoms with Gasteiger partial charge in [-0.2, -0.15) is 5.10 Å². The predicted molar refractivity (Wildman–Crippen MR) is 98.9 cm³/mol. The van der Waals surface area contributed by atoms with Crippen LogP contribution in [0.3, 0.4) is 0 Å². The second kappa shape index (κ2) is 9.08. The van der Waals surface area contributed by atoms with Gasteiger partial charge in [-0.15, -0.1) is 0 Å². The second-order valence-corrected chi connectivity index (χ2v) is 5.94. The SMILES string of the molecule is COc1ccc(CCN(C)CCN(C)c2ccc(=O)[nH]n2)cc1OC. The van der Waals surface area contributed by atoms with Crippen LogP contribution in [0.25, 0.3) is 0 Å². The molecule has 2 aromatic rings. The Kier molecular flexibility index (Phi) is 6.82. The summed E-state index contributed by atoms with van der Waals surface area (Å²) in [4.78, 5) is 15.3. The summed E-state index contributed by atoms with van der Waals surface area (Å²) in [5, 5.41) is 6.48. The smallest absolute Gasteiger partial charge is 0.264 e. The van der Waals surface area contributed by atoms with Crippen molar-refractivity contribution in [1.29, 1.82) is 0 Å². The van der Waals surface area contributed by atoms with Gasteiger partial charge in [0.2, 0.25) is 0 Å². The molecule has 0 aliphatic rings. The minimum atomic E-state index is -0.191. The lowest BCUT2D eigenvalue weighted by Gasteiger charge is -2.22. The number of H-pyrrole nitrogens is 1. The Morgan fingerprint density at radius 3 is 2.40 bits per heavy atom. The number of aromatic nitrogens is 2. The van der Waals surface area contributed by atoms with Crippen molar-refractivity contribution in [2.45, 2.75) is 6.42 Å². The fraction of sp³-hybridized carbons (Fsp3) is 0.444. The van der Waals surface area contributed by atoms with Gasteiger partial charge in [0.1, 0.15) is 5.82 Å². The van der Waals surface area contributed by atoms with Crippen molar-refractivity contribution < 1.29 is 9.47 Å². The van der Waals surface area contributed by atoms with Crippen molar-refractivity contribution in [2.75, 3.05) is 52.8 Å². The molecule has 7 heteroatoms. The maximum absolute atomic E-state index is 11.1. The molecular formula is C18H26N4O3. The van der Waals surface area contributed by atoms with Crippen LogP contribution in [0.4, 0.5) is 5.82 Å². The number of nitrogens with zero attached hydrogens (tertiary/aromatic N) is 3. The molecule has 0 radical (unpaired) electrons. The standard InChI is InChI=1S/C18H26N4O3/c1-21(11-12-22(2)17-7-8-18(23)20-19-17)10-9-14-5-6-15(24-3)16(13-14)25-4/h5-8,13H,9-12H2,1-4H3,(H,20,23). The molecule has 136 valence electrons. The third-order valence-corrected chi connectivity index (χ3v) is 4.10. The number of benzene rings is 1. The first-order valence-corrected chi connectivity index (χ1v) is 8.20. The number of nitrogens with one attached hydrogen (secondary N) is 1. The first kappa shape index (κ1) is 18.8. The Balaban J connectivity index is 1.81. The Bertz CT molecular complexity index is 712. The van der Waals surface area contributed by atoms with Gasteiger partial charge in [-0.1, -0.05) is 6.07 Å². The number of anilines is 1. The summed E-state index contributed by atoms with van der Waals surface area (Å²) < 4.78 is 10.6. The zero-order valence-corrected chi connectivity index (χ0v) is 15.3. The number of ether oxygens (including phenoxy) is 2. The normalized spacial score (nSPS) is 10.8. The van der Waals surface area contributed by atoms with Gasteiger partial charge < -0.3 is 19.3 Å². The monoisotopic (exact) mass is 346 g/mol. The summed E-state index contributed by atoms with van der Waals surface area (Å²) in [7, 11) is 7.34. The molecule has 0 amide bonds. The molecule has 2 rings (SSSR count). The molecular weight excluding hydrogens is 320 g/mol. The molecule has 0 saturated heterocycles. The third kappa shape index (κ3) is 5.49. The first-order valence-electron chi connectivity index (χ1n) is 8.20. The minimum Gasteiger partial charge on any atom is -0.493 e. The van der Waals surface area contributed by atoms with E-state index in [1.54, 1.807) is 20.3 Å². The van der Waals surface area contributed by atoms with E-state index in [2.05, 4.69) is 28.2 Å². The topological polar surface area (TPSA) is 70.7 Å². The molecule has 0 fully saturated rings. The van der Waals surface area contributed by atoms with Crippen LogP contribution in [0.5, 0.6) is 11.5 Å². The summed E-state index contributed by atoms with van der Waals surface area (Å²) >= 11 is 0. The highest BCUT2D eigenvalue weighted by Gasteiger charge is 2.07. The van der Waals surface area contributed by atoms with E-state index >= 15 is 0 Å². The zero-order chi connectivity index (χ0) is 18.2. The van der Waals surface area contributed by atoms with Crippen LogP contribution < -0.4 is 19.9 Å². The number of hydrogen-bond acceptors (Lipinski definition) is 6. The van der Waals surface area contributed by atoms with Gasteiger partial charge in [-0.3, -0.25) is 4.79 Å². The molecule has 0 aliphatic heterocycles. The predicted octanol–water partition coefficient (Wildman–Crippen LogP) is 1.40. The molecule has 1 aromatic heterocycles. The van der Waals surface area contributed by atoms with Gasteiger partial charge in [0.05, 0.1) is 14.2 Å². The molecule has 0 atom stereocenters. The highest BCUT2D eigenvalue weighted by atomic mass is 16.5. The van der Waals surface area contributed by atoms with Gasteiger partial charge in [-0.05, 0) is 37.2 Å². The summed E-state index contributed by atoms with van der Waals surface area (Å²) in [5.74, 6) is 2.26. The van der Waals surface area contributed by atoms with Crippen molar-refractivity contribution in [2.24, 2.45) is 0 Å². The molecule has 0 spiro atoms. The maximum atomic E-state index is 11.1. The molecule has 1 aromatic carbocycles. The number of hydrogen-bond donors (Lipinski definition) is 1.